The molecule has 1 fully saturated rings. The fourth-order valence-corrected chi connectivity index (χ4v) is 2.70. The van der Waals surface area contributed by atoms with Crippen LogP contribution in [0.1, 0.15) is 42.1 Å². The Labute approximate surface area is 112 Å². The third-order valence-corrected chi connectivity index (χ3v) is 3.70. The van der Waals surface area contributed by atoms with E-state index in [0.29, 0.717) is 11.5 Å². The lowest BCUT2D eigenvalue weighted by atomic mass is 10.1. The Bertz CT molecular complexity index is 513. The molecular weight excluding hydrogens is 244 g/mol. The van der Waals surface area contributed by atoms with E-state index in [1.807, 2.05) is 0 Å². The molecule has 0 aromatic heterocycles. The second-order valence-electron chi connectivity index (χ2n) is 5.31. The number of rotatable bonds is 3. The van der Waals surface area contributed by atoms with Crippen LogP contribution in [0.25, 0.3) is 0 Å². The Hall–Kier alpha value is -1.91. The Morgan fingerprint density at radius 2 is 2.16 bits per heavy atom. The number of hydrogen-bond acceptors (Lipinski definition) is 3. The first-order valence-electron chi connectivity index (χ1n) is 6.54. The Kier molecular flexibility index (Phi) is 3.83. The smallest absolute Gasteiger partial charge is 0.282 e. The molecule has 0 radical (unpaired) electrons. The first-order valence-corrected chi connectivity index (χ1v) is 6.54. The van der Waals surface area contributed by atoms with Crippen LogP contribution < -0.4 is 5.32 Å². The number of carbonyl (C=O) groups is 1. The third-order valence-electron chi connectivity index (χ3n) is 3.70. The molecule has 1 amide bonds. The second kappa shape index (κ2) is 5.38. The van der Waals surface area contributed by atoms with Crippen molar-refractivity contribution in [3.8, 4) is 0 Å². The minimum absolute atomic E-state index is 0.122. The molecule has 1 aliphatic carbocycles. The predicted octanol–water partition coefficient (Wildman–Crippen LogP) is 2.82. The lowest BCUT2D eigenvalue weighted by Gasteiger charge is -2.13. The van der Waals surface area contributed by atoms with Crippen LogP contribution in [0.4, 0.5) is 5.69 Å². The van der Waals surface area contributed by atoms with Crippen molar-refractivity contribution in [3.05, 3.63) is 39.4 Å². The zero-order chi connectivity index (χ0) is 14.0. The normalized spacial score (nSPS) is 22.2. The molecule has 1 aromatic carbocycles. The molecule has 1 saturated carbocycles. The molecule has 0 saturated heterocycles. The van der Waals surface area contributed by atoms with Crippen LogP contribution in [0.2, 0.25) is 0 Å². The molecule has 1 N–H and O–H groups in total. The highest BCUT2D eigenvalue weighted by molar-refractivity contribution is 5.99. The van der Waals surface area contributed by atoms with E-state index in [-0.39, 0.29) is 23.2 Å². The first kappa shape index (κ1) is 13.5. The number of amides is 1. The molecule has 2 atom stereocenters. The van der Waals surface area contributed by atoms with Gasteiger partial charge in [-0.3, -0.25) is 14.9 Å². The predicted molar refractivity (Wildman–Crippen MR) is 72.1 cm³/mol. The zero-order valence-electron chi connectivity index (χ0n) is 11.2. The van der Waals surface area contributed by atoms with Crippen molar-refractivity contribution in [1.29, 1.82) is 0 Å². The number of hydrogen-bond donors (Lipinski definition) is 1. The van der Waals surface area contributed by atoms with E-state index in [4.69, 9.17) is 0 Å². The fourth-order valence-electron chi connectivity index (χ4n) is 2.70. The average molecular weight is 262 g/mol. The first-order chi connectivity index (χ1) is 8.99. The van der Waals surface area contributed by atoms with E-state index in [0.717, 1.165) is 19.3 Å². The summed E-state index contributed by atoms with van der Waals surface area (Å²) in [6.45, 7) is 3.88. The molecule has 102 valence electrons. The number of carbonyl (C=O) groups excluding carboxylic acids is 1. The summed E-state index contributed by atoms with van der Waals surface area (Å²) in [6, 6.07) is 4.84. The molecule has 19 heavy (non-hydrogen) atoms. The summed E-state index contributed by atoms with van der Waals surface area (Å²) in [5.74, 6) is 0.279. The molecule has 1 aromatic rings. The summed E-state index contributed by atoms with van der Waals surface area (Å²) >= 11 is 0. The van der Waals surface area contributed by atoms with Gasteiger partial charge in [-0.2, -0.15) is 0 Å². The fraction of sp³-hybridized carbons (Fsp3) is 0.500. The summed E-state index contributed by atoms with van der Waals surface area (Å²) in [5, 5.41) is 13.9. The molecule has 0 aliphatic heterocycles. The van der Waals surface area contributed by atoms with Crippen LogP contribution in [0.15, 0.2) is 18.2 Å². The Morgan fingerprint density at radius 3 is 2.74 bits per heavy atom. The van der Waals surface area contributed by atoms with Gasteiger partial charge in [0.1, 0.15) is 5.56 Å². The topological polar surface area (TPSA) is 72.2 Å². The molecule has 5 heteroatoms. The maximum atomic E-state index is 12.2. The lowest BCUT2D eigenvalue weighted by Crippen LogP contribution is -2.33. The molecule has 2 unspecified atom stereocenters. The highest BCUT2D eigenvalue weighted by atomic mass is 16.6. The van der Waals surface area contributed by atoms with E-state index in [9.17, 15) is 14.9 Å². The van der Waals surface area contributed by atoms with Gasteiger partial charge in [0, 0.05) is 12.1 Å². The van der Waals surface area contributed by atoms with Crippen molar-refractivity contribution in [3.63, 3.8) is 0 Å². The number of nitro groups is 1. The number of nitrogens with one attached hydrogen (secondary N) is 1. The summed E-state index contributed by atoms with van der Waals surface area (Å²) in [6.07, 6.45) is 3.00. The van der Waals surface area contributed by atoms with Gasteiger partial charge < -0.3 is 5.32 Å². The van der Waals surface area contributed by atoms with Crippen LogP contribution >= 0.6 is 0 Å². The van der Waals surface area contributed by atoms with Gasteiger partial charge >= 0.3 is 0 Å². The van der Waals surface area contributed by atoms with Gasteiger partial charge in [-0.15, -0.1) is 0 Å². The highest BCUT2D eigenvalue weighted by Gasteiger charge is 2.27. The van der Waals surface area contributed by atoms with Crippen molar-refractivity contribution in [1.82, 2.24) is 5.32 Å². The van der Waals surface area contributed by atoms with Crippen molar-refractivity contribution in [2.75, 3.05) is 0 Å². The summed E-state index contributed by atoms with van der Waals surface area (Å²) in [7, 11) is 0. The van der Waals surface area contributed by atoms with Gasteiger partial charge in [0.05, 0.1) is 4.92 Å². The van der Waals surface area contributed by atoms with E-state index in [1.54, 1.807) is 19.1 Å². The summed E-state index contributed by atoms with van der Waals surface area (Å²) in [4.78, 5) is 22.7. The lowest BCUT2D eigenvalue weighted by molar-refractivity contribution is -0.385. The maximum absolute atomic E-state index is 12.2. The highest BCUT2D eigenvalue weighted by Crippen LogP contribution is 2.26. The van der Waals surface area contributed by atoms with Gasteiger partial charge in [-0.1, -0.05) is 19.1 Å². The van der Waals surface area contributed by atoms with Crippen LogP contribution in [-0.2, 0) is 0 Å². The van der Waals surface area contributed by atoms with Gasteiger partial charge in [0.2, 0.25) is 0 Å². The molecule has 5 nitrogen and oxygen atoms in total. The largest absolute Gasteiger partial charge is 0.349 e. The van der Waals surface area contributed by atoms with Crippen LogP contribution in [0.5, 0.6) is 0 Å². The zero-order valence-corrected chi connectivity index (χ0v) is 11.2. The van der Waals surface area contributed by atoms with E-state index in [1.165, 1.54) is 6.07 Å². The van der Waals surface area contributed by atoms with Crippen molar-refractivity contribution in [2.45, 2.75) is 39.2 Å². The molecule has 2 rings (SSSR count). The van der Waals surface area contributed by atoms with Crippen LogP contribution in [0, 0.1) is 23.0 Å². The van der Waals surface area contributed by atoms with Gasteiger partial charge in [0.15, 0.2) is 0 Å². The molecule has 1 aliphatic rings. The Morgan fingerprint density at radius 1 is 1.42 bits per heavy atom. The monoisotopic (exact) mass is 262 g/mol. The quantitative estimate of drug-likeness (QED) is 0.672. The van der Waals surface area contributed by atoms with Crippen LogP contribution in [-0.4, -0.2) is 16.9 Å². The van der Waals surface area contributed by atoms with Gasteiger partial charge in [-0.05, 0) is 37.7 Å². The summed E-state index contributed by atoms with van der Waals surface area (Å²) in [5.41, 5.74) is 0.702. The minimum Gasteiger partial charge on any atom is -0.349 e. The number of benzene rings is 1. The number of nitro benzene ring substituents is 1. The summed E-state index contributed by atoms with van der Waals surface area (Å²) < 4.78 is 0. The maximum Gasteiger partial charge on any atom is 0.282 e. The van der Waals surface area contributed by atoms with Crippen molar-refractivity contribution >= 4 is 11.6 Å². The van der Waals surface area contributed by atoms with Crippen LogP contribution in [0.3, 0.4) is 0 Å². The number of nitrogens with zero attached hydrogens (tertiary/aromatic N) is 1. The van der Waals surface area contributed by atoms with E-state index < -0.39 is 4.92 Å². The standard InChI is InChI=1S/C14H18N2O3/c1-9-6-7-11(8-9)15-14(17)13-10(2)4-3-5-12(13)16(18)19/h3-5,9,11H,6-8H2,1-2H3,(H,15,17). The van der Waals surface area contributed by atoms with Crippen molar-refractivity contribution in [2.24, 2.45) is 5.92 Å². The average Bonchev–Trinajstić information content (AvgIpc) is 2.74. The minimum atomic E-state index is -0.501. The third kappa shape index (κ3) is 2.92. The molecule has 0 bridgehead atoms. The molecular formula is C14H18N2O3. The SMILES string of the molecule is Cc1cccc([N+](=O)[O-])c1C(=O)NC1CCC(C)C1. The Balaban J connectivity index is 2.21. The van der Waals surface area contributed by atoms with E-state index in [2.05, 4.69) is 12.2 Å². The molecule has 0 spiro atoms. The van der Waals surface area contributed by atoms with Gasteiger partial charge in [-0.25, -0.2) is 0 Å². The van der Waals surface area contributed by atoms with Crippen molar-refractivity contribution < 1.29 is 9.72 Å². The van der Waals surface area contributed by atoms with Gasteiger partial charge in [0.25, 0.3) is 11.6 Å². The second-order valence-corrected chi connectivity index (χ2v) is 5.31. The number of aryl methyl sites for hydroxylation is 1. The van der Waals surface area contributed by atoms with E-state index >= 15 is 0 Å². The molecule has 0 heterocycles.